The maximum absolute atomic E-state index is 5.77. The Kier molecular flexibility index (Phi) is 2.96. The first-order valence-corrected chi connectivity index (χ1v) is 5.84. The van der Waals surface area contributed by atoms with Gasteiger partial charge in [-0.3, -0.25) is 0 Å². The molecule has 0 aliphatic carbocycles. The van der Waals surface area contributed by atoms with Gasteiger partial charge in [-0.1, -0.05) is 11.6 Å². The molecular formula is C9H11ClN2S. The zero-order chi connectivity index (χ0) is 9.10. The third-order valence-electron chi connectivity index (χ3n) is 2.05. The van der Waals surface area contributed by atoms with Crippen LogP contribution in [0.2, 0.25) is 5.02 Å². The number of thioether (sulfide) groups is 1. The minimum Gasteiger partial charge on any atom is -0.355 e. The highest BCUT2D eigenvalue weighted by molar-refractivity contribution is 7.99. The molecule has 13 heavy (non-hydrogen) atoms. The van der Waals surface area contributed by atoms with Crippen LogP contribution in [0.4, 0.5) is 5.82 Å². The van der Waals surface area contributed by atoms with Gasteiger partial charge in [0.15, 0.2) is 0 Å². The van der Waals surface area contributed by atoms with Crippen LogP contribution in [-0.4, -0.2) is 29.6 Å². The Morgan fingerprint density at radius 2 is 2.08 bits per heavy atom. The topological polar surface area (TPSA) is 16.1 Å². The Morgan fingerprint density at radius 1 is 1.31 bits per heavy atom. The van der Waals surface area contributed by atoms with Gasteiger partial charge in [-0.25, -0.2) is 4.98 Å². The first kappa shape index (κ1) is 9.16. The molecule has 0 unspecified atom stereocenters. The number of hydrogen-bond donors (Lipinski definition) is 0. The van der Waals surface area contributed by atoms with Crippen molar-refractivity contribution in [2.24, 2.45) is 0 Å². The van der Waals surface area contributed by atoms with Gasteiger partial charge in [0.25, 0.3) is 0 Å². The smallest absolute Gasteiger partial charge is 0.128 e. The van der Waals surface area contributed by atoms with Crippen molar-refractivity contribution in [3.05, 3.63) is 23.4 Å². The fraction of sp³-hybridized carbons (Fsp3) is 0.444. The van der Waals surface area contributed by atoms with Crippen LogP contribution in [0, 0.1) is 0 Å². The minimum absolute atomic E-state index is 0.704. The SMILES string of the molecule is Clc1ccc(N2CCSCC2)nc1. The Morgan fingerprint density at radius 3 is 2.69 bits per heavy atom. The lowest BCUT2D eigenvalue weighted by molar-refractivity contribution is 0.839. The molecule has 0 saturated carbocycles. The van der Waals surface area contributed by atoms with Crippen LogP contribution in [0.1, 0.15) is 0 Å². The number of aromatic nitrogens is 1. The molecular weight excluding hydrogens is 204 g/mol. The molecule has 4 heteroatoms. The van der Waals surface area contributed by atoms with Crippen LogP contribution < -0.4 is 4.90 Å². The molecule has 0 bridgehead atoms. The molecule has 0 aromatic carbocycles. The lowest BCUT2D eigenvalue weighted by Gasteiger charge is -2.27. The summed E-state index contributed by atoms with van der Waals surface area (Å²) in [6.07, 6.45) is 1.71. The molecule has 2 rings (SSSR count). The van der Waals surface area contributed by atoms with E-state index >= 15 is 0 Å². The molecule has 0 amide bonds. The molecule has 1 aliphatic rings. The van der Waals surface area contributed by atoms with Gasteiger partial charge < -0.3 is 4.90 Å². The van der Waals surface area contributed by atoms with Gasteiger partial charge in [0.1, 0.15) is 5.82 Å². The molecule has 2 heterocycles. The average molecular weight is 215 g/mol. The third-order valence-corrected chi connectivity index (χ3v) is 3.21. The predicted octanol–water partition coefficient (Wildman–Crippen LogP) is 2.29. The summed E-state index contributed by atoms with van der Waals surface area (Å²) >= 11 is 7.77. The normalized spacial score (nSPS) is 17.5. The second-order valence-electron chi connectivity index (χ2n) is 2.93. The van der Waals surface area contributed by atoms with E-state index in [1.54, 1.807) is 6.20 Å². The van der Waals surface area contributed by atoms with Crippen molar-refractivity contribution in [2.45, 2.75) is 0 Å². The molecule has 0 radical (unpaired) electrons. The lowest BCUT2D eigenvalue weighted by atomic mass is 10.4. The summed E-state index contributed by atoms with van der Waals surface area (Å²) in [6, 6.07) is 3.88. The van der Waals surface area contributed by atoms with Crippen molar-refractivity contribution in [3.63, 3.8) is 0 Å². The van der Waals surface area contributed by atoms with E-state index in [0.717, 1.165) is 18.9 Å². The Balaban J connectivity index is 2.10. The molecule has 1 aliphatic heterocycles. The van der Waals surface area contributed by atoms with Crippen LogP contribution in [0.5, 0.6) is 0 Å². The van der Waals surface area contributed by atoms with E-state index in [1.165, 1.54) is 11.5 Å². The van der Waals surface area contributed by atoms with Crippen molar-refractivity contribution in [1.29, 1.82) is 0 Å². The zero-order valence-electron chi connectivity index (χ0n) is 7.24. The second-order valence-corrected chi connectivity index (χ2v) is 4.60. The van der Waals surface area contributed by atoms with E-state index in [-0.39, 0.29) is 0 Å². The number of pyridine rings is 1. The monoisotopic (exact) mass is 214 g/mol. The third kappa shape index (κ3) is 2.29. The summed E-state index contributed by atoms with van der Waals surface area (Å²) < 4.78 is 0. The number of rotatable bonds is 1. The van der Waals surface area contributed by atoms with E-state index < -0.39 is 0 Å². The lowest BCUT2D eigenvalue weighted by Crippen LogP contribution is -2.32. The van der Waals surface area contributed by atoms with Crippen molar-refractivity contribution in [3.8, 4) is 0 Å². The summed E-state index contributed by atoms with van der Waals surface area (Å²) in [7, 11) is 0. The molecule has 0 spiro atoms. The van der Waals surface area contributed by atoms with Gasteiger partial charge in [0.2, 0.25) is 0 Å². The number of nitrogens with zero attached hydrogens (tertiary/aromatic N) is 2. The predicted molar refractivity (Wildman–Crippen MR) is 58.8 cm³/mol. The van der Waals surface area contributed by atoms with Crippen molar-refractivity contribution in [1.82, 2.24) is 4.98 Å². The molecule has 1 fully saturated rings. The molecule has 1 aromatic rings. The average Bonchev–Trinajstić information content (AvgIpc) is 2.20. The Labute approximate surface area is 87.3 Å². The summed E-state index contributed by atoms with van der Waals surface area (Å²) in [5, 5.41) is 0.704. The van der Waals surface area contributed by atoms with Crippen molar-refractivity contribution < 1.29 is 0 Å². The summed E-state index contributed by atoms with van der Waals surface area (Å²) in [4.78, 5) is 6.59. The van der Waals surface area contributed by atoms with Gasteiger partial charge >= 0.3 is 0 Å². The first-order chi connectivity index (χ1) is 6.36. The van der Waals surface area contributed by atoms with Gasteiger partial charge in [-0.15, -0.1) is 0 Å². The molecule has 1 aromatic heterocycles. The summed E-state index contributed by atoms with van der Waals surface area (Å²) in [5.74, 6) is 3.44. The van der Waals surface area contributed by atoms with Crippen molar-refractivity contribution in [2.75, 3.05) is 29.5 Å². The van der Waals surface area contributed by atoms with Crippen LogP contribution in [0.15, 0.2) is 18.3 Å². The largest absolute Gasteiger partial charge is 0.355 e. The molecule has 2 nitrogen and oxygen atoms in total. The van der Waals surface area contributed by atoms with Crippen LogP contribution >= 0.6 is 23.4 Å². The van der Waals surface area contributed by atoms with E-state index in [4.69, 9.17) is 11.6 Å². The zero-order valence-corrected chi connectivity index (χ0v) is 8.81. The van der Waals surface area contributed by atoms with E-state index in [1.807, 2.05) is 23.9 Å². The van der Waals surface area contributed by atoms with Crippen LogP contribution in [0.3, 0.4) is 0 Å². The number of halogens is 1. The number of anilines is 1. The maximum Gasteiger partial charge on any atom is 0.128 e. The molecule has 70 valence electrons. The Bertz CT molecular complexity index is 269. The molecule has 0 N–H and O–H groups in total. The van der Waals surface area contributed by atoms with Gasteiger partial charge in [0.05, 0.1) is 5.02 Å². The summed E-state index contributed by atoms with van der Waals surface area (Å²) in [5.41, 5.74) is 0. The second kappa shape index (κ2) is 4.20. The highest BCUT2D eigenvalue weighted by Gasteiger charge is 2.11. The Hall–Kier alpha value is -0.410. The molecule has 0 atom stereocenters. The first-order valence-electron chi connectivity index (χ1n) is 4.30. The number of hydrogen-bond acceptors (Lipinski definition) is 3. The minimum atomic E-state index is 0.704. The van der Waals surface area contributed by atoms with Crippen LogP contribution in [0.25, 0.3) is 0 Å². The molecule has 1 saturated heterocycles. The van der Waals surface area contributed by atoms with Gasteiger partial charge in [0, 0.05) is 30.8 Å². The van der Waals surface area contributed by atoms with Gasteiger partial charge in [-0.05, 0) is 12.1 Å². The van der Waals surface area contributed by atoms with E-state index in [0.29, 0.717) is 5.02 Å². The van der Waals surface area contributed by atoms with Gasteiger partial charge in [-0.2, -0.15) is 11.8 Å². The standard InChI is InChI=1S/C9H11ClN2S/c10-8-1-2-9(11-7-8)12-3-5-13-6-4-12/h1-2,7H,3-6H2. The fourth-order valence-corrected chi connectivity index (χ4v) is 2.36. The van der Waals surface area contributed by atoms with Crippen LogP contribution in [-0.2, 0) is 0 Å². The maximum atomic E-state index is 5.77. The highest BCUT2D eigenvalue weighted by Crippen LogP contribution is 2.18. The highest BCUT2D eigenvalue weighted by atomic mass is 35.5. The fourth-order valence-electron chi connectivity index (χ4n) is 1.35. The van der Waals surface area contributed by atoms with E-state index in [9.17, 15) is 0 Å². The van der Waals surface area contributed by atoms with E-state index in [2.05, 4.69) is 9.88 Å². The quantitative estimate of drug-likeness (QED) is 0.714. The van der Waals surface area contributed by atoms with Crippen molar-refractivity contribution >= 4 is 29.2 Å². The summed E-state index contributed by atoms with van der Waals surface area (Å²) in [6.45, 7) is 2.19.